The van der Waals surface area contributed by atoms with Crippen LogP contribution >= 0.6 is 0 Å². The molecule has 0 spiro atoms. The maximum absolute atomic E-state index is 12.4. The smallest absolute Gasteiger partial charge is 0.254 e. The van der Waals surface area contributed by atoms with Crippen LogP contribution in [0.1, 0.15) is 24.2 Å². The van der Waals surface area contributed by atoms with E-state index in [1.807, 2.05) is 0 Å². The van der Waals surface area contributed by atoms with Crippen molar-refractivity contribution in [1.29, 1.82) is 0 Å². The van der Waals surface area contributed by atoms with E-state index < -0.39 is 5.54 Å². The normalized spacial score (nSPS) is 15.7. The van der Waals surface area contributed by atoms with Crippen molar-refractivity contribution in [2.75, 3.05) is 31.6 Å². The van der Waals surface area contributed by atoms with Gasteiger partial charge in [0.15, 0.2) is 0 Å². The highest BCUT2D eigenvalue weighted by atomic mass is 16.5. The number of anilines is 1. The summed E-state index contributed by atoms with van der Waals surface area (Å²) in [5.41, 5.74) is 5.89. The van der Waals surface area contributed by atoms with Gasteiger partial charge in [-0.15, -0.1) is 0 Å². The van der Waals surface area contributed by atoms with Crippen LogP contribution in [0.25, 0.3) is 0 Å². The standard InChI is InChI=1S/C15H21N3O3/c1-15(2,16)14(20)17-12-5-3-4-11(10-12)13(19)18-6-8-21-9-7-18/h3-5,10H,6-9,16H2,1-2H3,(H,17,20). The SMILES string of the molecule is CC(C)(N)C(=O)Nc1cccc(C(=O)N2CCOCC2)c1. The second-order valence-electron chi connectivity index (χ2n) is 5.66. The van der Waals surface area contributed by atoms with E-state index in [-0.39, 0.29) is 11.8 Å². The summed E-state index contributed by atoms with van der Waals surface area (Å²) in [5.74, 6) is -0.347. The van der Waals surface area contributed by atoms with Gasteiger partial charge in [-0.25, -0.2) is 0 Å². The minimum absolute atomic E-state index is 0.0543. The Morgan fingerprint density at radius 2 is 1.95 bits per heavy atom. The lowest BCUT2D eigenvalue weighted by atomic mass is 10.1. The second-order valence-corrected chi connectivity index (χ2v) is 5.66. The van der Waals surface area contributed by atoms with E-state index in [2.05, 4.69) is 5.32 Å². The first-order valence-corrected chi connectivity index (χ1v) is 6.95. The lowest BCUT2D eigenvalue weighted by Crippen LogP contribution is -2.45. The first-order chi connectivity index (χ1) is 9.88. The zero-order valence-electron chi connectivity index (χ0n) is 12.4. The van der Waals surface area contributed by atoms with Gasteiger partial charge >= 0.3 is 0 Å². The third-order valence-electron chi connectivity index (χ3n) is 3.25. The number of nitrogens with one attached hydrogen (secondary N) is 1. The predicted octanol–water partition coefficient (Wildman–Crippen LogP) is 0.835. The number of rotatable bonds is 3. The van der Waals surface area contributed by atoms with Crippen LogP contribution in [0.3, 0.4) is 0 Å². The van der Waals surface area contributed by atoms with Gasteiger partial charge in [0.05, 0.1) is 18.8 Å². The fourth-order valence-electron chi connectivity index (χ4n) is 1.97. The van der Waals surface area contributed by atoms with E-state index >= 15 is 0 Å². The van der Waals surface area contributed by atoms with E-state index in [1.54, 1.807) is 43.0 Å². The molecular weight excluding hydrogens is 270 g/mol. The van der Waals surface area contributed by atoms with Crippen LogP contribution < -0.4 is 11.1 Å². The Balaban J connectivity index is 2.10. The maximum Gasteiger partial charge on any atom is 0.254 e. The molecule has 1 fully saturated rings. The summed E-state index contributed by atoms with van der Waals surface area (Å²) in [6, 6.07) is 6.88. The zero-order valence-corrected chi connectivity index (χ0v) is 12.4. The molecule has 1 aliphatic heterocycles. The van der Waals surface area contributed by atoms with E-state index in [0.717, 1.165) is 0 Å². The summed E-state index contributed by atoms with van der Waals surface area (Å²) in [6.45, 7) is 5.56. The van der Waals surface area contributed by atoms with Gasteiger partial charge < -0.3 is 20.7 Å². The molecule has 0 atom stereocenters. The van der Waals surface area contributed by atoms with Crippen LogP contribution in [0.5, 0.6) is 0 Å². The molecule has 21 heavy (non-hydrogen) atoms. The van der Waals surface area contributed by atoms with E-state index in [4.69, 9.17) is 10.5 Å². The van der Waals surface area contributed by atoms with Gasteiger partial charge in [-0.05, 0) is 32.0 Å². The number of amides is 2. The number of ether oxygens (including phenoxy) is 1. The van der Waals surface area contributed by atoms with Crippen LogP contribution in [0.15, 0.2) is 24.3 Å². The summed E-state index contributed by atoms with van der Waals surface area (Å²) < 4.78 is 5.23. The van der Waals surface area contributed by atoms with E-state index in [1.165, 1.54) is 0 Å². The summed E-state index contributed by atoms with van der Waals surface area (Å²) in [4.78, 5) is 26.0. The quantitative estimate of drug-likeness (QED) is 0.864. The Labute approximate surface area is 124 Å². The number of carbonyl (C=O) groups excluding carboxylic acids is 2. The Bertz CT molecular complexity index is 531. The number of benzene rings is 1. The highest BCUT2D eigenvalue weighted by molar-refractivity contribution is 5.99. The van der Waals surface area contributed by atoms with Gasteiger partial charge in [0.2, 0.25) is 5.91 Å². The van der Waals surface area contributed by atoms with E-state index in [0.29, 0.717) is 37.6 Å². The molecule has 0 saturated carbocycles. The minimum Gasteiger partial charge on any atom is -0.378 e. The number of nitrogens with zero attached hydrogens (tertiary/aromatic N) is 1. The molecule has 2 rings (SSSR count). The molecule has 6 nitrogen and oxygen atoms in total. The molecule has 6 heteroatoms. The van der Waals surface area contributed by atoms with E-state index in [9.17, 15) is 9.59 Å². The molecule has 1 aliphatic rings. The van der Waals surface area contributed by atoms with Crippen molar-refractivity contribution in [2.45, 2.75) is 19.4 Å². The molecule has 1 aromatic carbocycles. The first kappa shape index (κ1) is 15.5. The first-order valence-electron chi connectivity index (χ1n) is 6.95. The second kappa shape index (κ2) is 6.24. The molecule has 0 unspecified atom stereocenters. The summed E-state index contributed by atoms with van der Waals surface area (Å²) in [7, 11) is 0. The van der Waals surface area contributed by atoms with Gasteiger partial charge in [0.1, 0.15) is 0 Å². The van der Waals surface area contributed by atoms with Crippen LogP contribution in [-0.2, 0) is 9.53 Å². The maximum atomic E-state index is 12.4. The van der Waals surface area contributed by atoms with Crippen molar-refractivity contribution in [3.05, 3.63) is 29.8 Å². The Morgan fingerprint density at radius 1 is 1.29 bits per heavy atom. The van der Waals surface area contributed by atoms with Crippen molar-refractivity contribution in [3.63, 3.8) is 0 Å². The summed E-state index contributed by atoms with van der Waals surface area (Å²) in [6.07, 6.45) is 0. The molecular formula is C15H21N3O3. The van der Waals surface area contributed by atoms with Crippen LogP contribution in [0, 0.1) is 0 Å². The van der Waals surface area contributed by atoms with Crippen molar-refractivity contribution >= 4 is 17.5 Å². The predicted molar refractivity (Wildman–Crippen MR) is 80.1 cm³/mol. The molecule has 2 amide bonds. The topological polar surface area (TPSA) is 84.7 Å². The molecule has 1 heterocycles. The van der Waals surface area contributed by atoms with Gasteiger partial charge in [0.25, 0.3) is 5.91 Å². The molecule has 1 aromatic rings. The number of morpholine rings is 1. The Morgan fingerprint density at radius 3 is 2.57 bits per heavy atom. The summed E-state index contributed by atoms with van der Waals surface area (Å²) >= 11 is 0. The highest BCUT2D eigenvalue weighted by Gasteiger charge is 2.23. The lowest BCUT2D eigenvalue weighted by molar-refractivity contribution is -0.120. The molecule has 114 valence electrons. The number of hydrogen-bond donors (Lipinski definition) is 2. The average molecular weight is 291 g/mol. The fraction of sp³-hybridized carbons (Fsp3) is 0.467. The van der Waals surface area contributed by atoms with Gasteiger partial charge in [-0.3, -0.25) is 9.59 Å². The molecule has 0 aromatic heterocycles. The van der Waals surface area contributed by atoms with Crippen LogP contribution in [0.4, 0.5) is 5.69 Å². The van der Waals surface area contributed by atoms with Crippen molar-refractivity contribution < 1.29 is 14.3 Å². The van der Waals surface area contributed by atoms with Crippen LogP contribution in [-0.4, -0.2) is 48.6 Å². The van der Waals surface area contributed by atoms with Gasteiger partial charge in [-0.1, -0.05) is 6.07 Å². The van der Waals surface area contributed by atoms with Gasteiger partial charge in [0, 0.05) is 24.3 Å². The molecule has 1 saturated heterocycles. The number of nitrogens with two attached hydrogens (primary N) is 1. The molecule has 3 N–H and O–H groups in total. The molecule has 0 bridgehead atoms. The Kier molecular flexibility index (Phi) is 4.59. The monoisotopic (exact) mass is 291 g/mol. The molecule has 0 aliphatic carbocycles. The number of hydrogen-bond acceptors (Lipinski definition) is 4. The minimum atomic E-state index is -0.968. The number of carbonyl (C=O) groups is 2. The van der Waals surface area contributed by atoms with Crippen molar-refractivity contribution in [2.24, 2.45) is 5.73 Å². The van der Waals surface area contributed by atoms with Crippen LogP contribution in [0.2, 0.25) is 0 Å². The van der Waals surface area contributed by atoms with Crippen molar-refractivity contribution in [1.82, 2.24) is 4.90 Å². The third-order valence-corrected chi connectivity index (χ3v) is 3.25. The molecule has 0 radical (unpaired) electrons. The zero-order chi connectivity index (χ0) is 15.5. The average Bonchev–Trinajstić information content (AvgIpc) is 2.46. The lowest BCUT2D eigenvalue weighted by Gasteiger charge is -2.27. The largest absolute Gasteiger partial charge is 0.378 e. The summed E-state index contributed by atoms with van der Waals surface area (Å²) in [5, 5.41) is 2.72. The third kappa shape index (κ3) is 4.03. The fourth-order valence-corrected chi connectivity index (χ4v) is 1.97. The van der Waals surface area contributed by atoms with Crippen molar-refractivity contribution in [3.8, 4) is 0 Å². The highest BCUT2D eigenvalue weighted by Crippen LogP contribution is 2.15. The Hall–Kier alpha value is -1.92. The van der Waals surface area contributed by atoms with Gasteiger partial charge in [-0.2, -0.15) is 0 Å².